The average Bonchev–Trinajstić information content (AvgIpc) is 2.93. The molecule has 0 radical (unpaired) electrons. The number of nitrogens with one attached hydrogen (secondary N) is 1. The van der Waals surface area contributed by atoms with Crippen molar-refractivity contribution < 1.29 is 9.59 Å². The van der Waals surface area contributed by atoms with E-state index in [0.29, 0.717) is 23.7 Å². The number of aryl methyl sites for hydroxylation is 1. The van der Waals surface area contributed by atoms with Crippen LogP contribution in [0.15, 0.2) is 34.9 Å². The monoisotopic (exact) mass is 358 g/mol. The first-order valence-electron chi connectivity index (χ1n) is 8.15. The van der Waals surface area contributed by atoms with Gasteiger partial charge < -0.3 is 10.6 Å². The molecule has 0 spiro atoms. The van der Waals surface area contributed by atoms with Crippen LogP contribution in [0, 0.1) is 18.3 Å². The standard InChI is InChI=1S/C18H22N4O2S/c1-4-22(5-2)18(24)21-17(23)15-14(13(10-19)16(20)25-15)12-8-6-11(3)7-9-12/h6-9,14-15H,4-5,20H2,1-3H3,(H,21,23,24). The summed E-state index contributed by atoms with van der Waals surface area (Å²) in [5.41, 5.74) is 8.27. The van der Waals surface area contributed by atoms with Crippen LogP contribution in [0.3, 0.4) is 0 Å². The van der Waals surface area contributed by atoms with Gasteiger partial charge in [-0.3, -0.25) is 10.1 Å². The number of imide groups is 1. The minimum Gasteiger partial charge on any atom is -0.393 e. The molecule has 1 aliphatic rings. The van der Waals surface area contributed by atoms with Gasteiger partial charge in [-0.2, -0.15) is 5.26 Å². The Morgan fingerprint density at radius 3 is 2.40 bits per heavy atom. The number of rotatable bonds is 4. The molecule has 7 heteroatoms. The lowest BCUT2D eigenvalue weighted by atomic mass is 9.88. The van der Waals surface area contributed by atoms with E-state index in [-0.39, 0.29) is 0 Å². The molecule has 0 saturated heterocycles. The van der Waals surface area contributed by atoms with Crippen LogP contribution in [-0.2, 0) is 4.79 Å². The molecule has 3 N–H and O–H groups in total. The first-order valence-corrected chi connectivity index (χ1v) is 9.03. The van der Waals surface area contributed by atoms with E-state index < -0.39 is 23.1 Å². The Morgan fingerprint density at radius 1 is 1.28 bits per heavy atom. The van der Waals surface area contributed by atoms with Crippen molar-refractivity contribution in [3.8, 4) is 6.07 Å². The van der Waals surface area contributed by atoms with Gasteiger partial charge in [0.25, 0.3) is 0 Å². The first-order chi connectivity index (χ1) is 11.9. The summed E-state index contributed by atoms with van der Waals surface area (Å²) in [5, 5.41) is 11.6. The van der Waals surface area contributed by atoms with Crippen LogP contribution in [0.25, 0.3) is 0 Å². The maximum absolute atomic E-state index is 12.7. The highest BCUT2D eigenvalue weighted by atomic mass is 32.2. The second kappa shape index (κ2) is 8.08. The first kappa shape index (κ1) is 18.9. The number of hydrogen-bond donors (Lipinski definition) is 2. The predicted octanol–water partition coefficient (Wildman–Crippen LogP) is 2.47. The van der Waals surface area contributed by atoms with Crippen LogP contribution in [0.1, 0.15) is 30.9 Å². The van der Waals surface area contributed by atoms with Gasteiger partial charge in [-0.1, -0.05) is 41.6 Å². The third-order valence-electron chi connectivity index (χ3n) is 4.23. The van der Waals surface area contributed by atoms with E-state index in [1.165, 1.54) is 4.90 Å². The molecular weight excluding hydrogens is 336 g/mol. The molecular formula is C18H22N4O2S. The highest BCUT2D eigenvalue weighted by Crippen LogP contribution is 2.45. The summed E-state index contributed by atoms with van der Waals surface area (Å²) in [6.45, 7) is 6.69. The van der Waals surface area contributed by atoms with Crippen LogP contribution < -0.4 is 11.1 Å². The van der Waals surface area contributed by atoms with Crippen molar-refractivity contribution in [2.75, 3.05) is 13.1 Å². The van der Waals surface area contributed by atoms with E-state index in [1.807, 2.05) is 45.0 Å². The molecule has 0 bridgehead atoms. The molecule has 1 heterocycles. The van der Waals surface area contributed by atoms with Gasteiger partial charge in [-0.15, -0.1) is 0 Å². The molecule has 1 aromatic carbocycles. The van der Waals surface area contributed by atoms with Gasteiger partial charge in [0.15, 0.2) is 0 Å². The fraction of sp³-hybridized carbons (Fsp3) is 0.389. The van der Waals surface area contributed by atoms with Gasteiger partial charge in [0.05, 0.1) is 16.7 Å². The Bertz CT molecular complexity index is 732. The minimum absolute atomic E-state index is 0.337. The zero-order valence-electron chi connectivity index (χ0n) is 14.6. The number of thioether (sulfide) groups is 1. The summed E-state index contributed by atoms with van der Waals surface area (Å²) in [5.74, 6) is -0.888. The van der Waals surface area contributed by atoms with Crippen LogP contribution in [-0.4, -0.2) is 35.2 Å². The molecule has 2 atom stereocenters. The molecule has 1 aliphatic heterocycles. The van der Waals surface area contributed by atoms with E-state index in [1.54, 1.807) is 0 Å². The van der Waals surface area contributed by atoms with Crippen molar-refractivity contribution in [3.63, 3.8) is 0 Å². The van der Waals surface area contributed by atoms with Crippen LogP contribution in [0.4, 0.5) is 4.79 Å². The van der Waals surface area contributed by atoms with Crippen LogP contribution in [0.5, 0.6) is 0 Å². The van der Waals surface area contributed by atoms with Crippen molar-refractivity contribution in [1.82, 2.24) is 10.2 Å². The maximum atomic E-state index is 12.7. The Hall–Kier alpha value is -2.46. The highest BCUT2D eigenvalue weighted by molar-refractivity contribution is 8.04. The number of hydrogen-bond acceptors (Lipinski definition) is 5. The molecule has 25 heavy (non-hydrogen) atoms. The number of benzene rings is 1. The highest BCUT2D eigenvalue weighted by Gasteiger charge is 2.41. The molecule has 6 nitrogen and oxygen atoms in total. The smallest absolute Gasteiger partial charge is 0.324 e. The number of nitriles is 1. The second-order valence-corrected chi connectivity index (χ2v) is 6.97. The van der Waals surface area contributed by atoms with Crippen molar-refractivity contribution in [2.45, 2.75) is 31.9 Å². The Balaban J connectivity index is 2.27. The van der Waals surface area contributed by atoms with E-state index in [4.69, 9.17) is 5.73 Å². The normalized spacial score (nSPS) is 19.4. The molecule has 0 aliphatic carbocycles. The number of allylic oxidation sites excluding steroid dienone is 1. The Kier molecular flexibility index (Phi) is 6.10. The zero-order valence-corrected chi connectivity index (χ0v) is 15.4. The zero-order chi connectivity index (χ0) is 18.6. The summed E-state index contributed by atoms with van der Waals surface area (Å²) in [6, 6.07) is 9.33. The number of amides is 3. The molecule has 3 amide bonds. The fourth-order valence-electron chi connectivity index (χ4n) is 2.78. The lowest BCUT2D eigenvalue weighted by Gasteiger charge is -2.22. The van der Waals surface area contributed by atoms with Gasteiger partial charge in [0.1, 0.15) is 5.25 Å². The maximum Gasteiger partial charge on any atom is 0.324 e. The summed E-state index contributed by atoms with van der Waals surface area (Å²) in [4.78, 5) is 26.4. The molecule has 0 fully saturated rings. The van der Waals surface area contributed by atoms with Crippen LogP contribution in [0.2, 0.25) is 0 Å². The summed E-state index contributed by atoms with van der Waals surface area (Å²) >= 11 is 1.13. The van der Waals surface area contributed by atoms with E-state index in [2.05, 4.69) is 11.4 Å². The number of urea groups is 1. The molecule has 0 aromatic heterocycles. The summed E-state index contributed by atoms with van der Waals surface area (Å²) in [6.07, 6.45) is 0. The van der Waals surface area contributed by atoms with Gasteiger partial charge in [0.2, 0.25) is 5.91 Å². The van der Waals surface area contributed by atoms with Crippen molar-refractivity contribution >= 4 is 23.7 Å². The van der Waals surface area contributed by atoms with Crippen molar-refractivity contribution in [1.29, 1.82) is 5.26 Å². The molecule has 1 aromatic rings. The minimum atomic E-state index is -0.642. The van der Waals surface area contributed by atoms with Crippen LogP contribution >= 0.6 is 11.8 Å². The molecule has 2 unspecified atom stereocenters. The third kappa shape index (κ3) is 3.97. The molecule has 132 valence electrons. The SMILES string of the molecule is CCN(CC)C(=O)NC(=O)C1SC(N)=C(C#N)C1c1ccc(C)cc1. The van der Waals surface area contributed by atoms with E-state index in [9.17, 15) is 14.9 Å². The number of nitrogens with zero attached hydrogens (tertiary/aromatic N) is 2. The van der Waals surface area contributed by atoms with Gasteiger partial charge >= 0.3 is 6.03 Å². The number of carbonyl (C=O) groups is 2. The second-order valence-electron chi connectivity index (χ2n) is 5.78. The quantitative estimate of drug-likeness (QED) is 0.861. The largest absolute Gasteiger partial charge is 0.393 e. The van der Waals surface area contributed by atoms with Crippen molar-refractivity contribution in [3.05, 3.63) is 46.0 Å². The van der Waals surface area contributed by atoms with E-state index in [0.717, 1.165) is 22.9 Å². The lowest BCUT2D eigenvalue weighted by molar-refractivity contribution is -0.119. The Morgan fingerprint density at radius 2 is 1.88 bits per heavy atom. The third-order valence-corrected chi connectivity index (χ3v) is 5.44. The van der Waals surface area contributed by atoms with Gasteiger partial charge in [-0.25, -0.2) is 4.79 Å². The average molecular weight is 358 g/mol. The molecule has 2 rings (SSSR count). The fourth-order valence-corrected chi connectivity index (χ4v) is 3.95. The van der Waals surface area contributed by atoms with E-state index >= 15 is 0 Å². The number of nitrogens with two attached hydrogens (primary N) is 1. The van der Waals surface area contributed by atoms with Crippen molar-refractivity contribution in [2.24, 2.45) is 5.73 Å². The molecule has 0 saturated carbocycles. The topological polar surface area (TPSA) is 99.2 Å². The van der Waals surface area contributed by atoms with Gasteiger partial charge in [0, 0.05) is 19.0 Å². The summed E-state index contributed by atoms with van der Waals surface area (Å²) in [7, 11) is 0. The summed E-state index contributed by atoms with van der Waals surface area (Å²) < 4.78 is 0. The predicted molar refractivity (Wildman–Crippen MR) is 98.6 cm³/mol. The lowest BCUT2D eigenvalue weighted by Crippen LogP contribution is -2.46. The Labute approximate surface area is 152 Å². The van der Waals surface area contributed by atoms with Gasteiger partial charge in [-0.05, 0) is 26.3 Å². The number of carbonyl (C=O) groups excluding carboxylic acids is 2.